The summed E-state index contributed by atoms with van der Waals surface area (Å²) in [5, 5.41) is 2.86. The topological polar surface area (TPSA) is 35.2 Å². The Morgan fingerprint density at radius 2 is 2.44 bits per heavy atom. The molecule has 1 heterocycles. The van der Waals surface area contributed by atoms with Gasteiger partial charge in [-0.05, 0) is 30.2 Å². The Labute approximate surface area is 118 Å². The summed E-state index contributed by atoms with van der Waals surface area (Å²) >= 11 is 7.84. The molecule has 2 N–H and O–H groups in total. The van der Waals surface area contributed by atoms with Crippen LogP contribution in [0.4, 0.5) is 0 Å². The lowest BCUT2D eigenvalue weighted by Crippen LogP contribution is -2.53. The molecule has 102 valence electrons. The molecule has 1 fully saturated rings. The summed E-state index contributed by atoms with van der Waals surface area (Å²) in [6.07, 6.45) is 5.45. The zero-order chi connectivity index (χ0) is 13.2. The van der Waals surface area contributed by atoms with Gasteiger partial charge < -0.3 is 10.5 Å². The number of nitrogens with two attached hydrogens (primary N) is 1. The summed E-state index contributed by atoms with van der Waals surface area (Å²) in [4.78, 5) is 1.18. The molecule has 1 aliphatic rings. The van der Waals surface area contributed by atoms with E-state index in [0.29, 0.717) is 5.92 Å². The van der Waals surface area contributed by atoms with Gasteiger partial charge in [0.1, 0.15) is 0 Å². The molecule has 1 aliphatic carbocycles. The van der Waals surface area contributed by atoms with E-state index in [4.69, 9.17) is 22.1 Å². The predicted octanol–water partition coefficient (Wildman–Crippen LogP) is 3.87. The van der Waals surface area contributed by atoms with Crippen molar-refractivity contribution in [2.45, 2.75) is 50.7 Å². The lowest BCUT2D eigenvalue weighted by atomic mass is 9.74. The molecule has 18 heavy (non-hydrogen) atoms. The Morgan fingerprint density at radius 1 is 1.67 bits per heavy atom. The molecule has 4 heteroatoms. The fourth-order valence-corrected chi connectivity index (χ4v) is 4.25. The summed E-state index contributed by atoms with van der Waals surface area (Å²) in [5.74, 6) is 0.698. The van der Waals surface area contributed by atoms with Gasteiger partial charge in [0.2, 0.25) is 0 Å². The normalized spacial score (nSPS) is 30.3. The third-order valence-electron chi connectivity index (χ3n) is 4.17. The monoisotopic (exact) mass is 287 g/mol. The third kappa shape index (κ3) is 2.90. The fourth-order valence-electron chi connectivity index (χ4n) is 3.07. The third-order valence-corrected chi connectivity index (χ3v) is 5.58. The SMILES string of the molecule is COC1(C(N)Cc2sccc2Cl)CCCC(C)C1. The molecular weight excluding hydrogens is 266 g/mol. The molecule has 0 spiro atoms. The maximum absolute atomic E-state index is 6.44. The second-order valence-electron chi connectivity index (χ2n) is 5.47. The number of methoxy groups -OCH3 is 1. The molecule has 0 aromatic carbocycles. The van der Waals surface area contributed by atoms with Gasteiger partial charge in [-0.15, -0.1) is 11.3 Å². The van der Waals surface area contributed by atoms with Crippen LogP contribution in [0.2, 0.25) is 5.02 Å². The number of hydrogen-bond acceptors (Lipinski definition) is 3. The van der Waals surface area contributed by atoms with Gasteiger partial charge in [0.15, 0.2) is 0 Å². The first kappa shape index (κ1) is 14.3. The molecule has 2 nitrogen and oxygen atoms in total. The summed E-state index contributed by atoms with van der Waals surface area (Å²) in [7, 11) is 1.80. The average Bonchev–Trinajstić information content (AvgIpc) is 2.75. The standard InChI is InChI=1S/C14H22ClNOS/c1-10-4-3-6-14(9-10,17-2)13(16)8-12-11(15)5-7-18-12/h5,7,10,13H,3-4,6,8-9,16H2,1-2H3. The van der Waals surface area contributed by atoms with E-state index in [2.05, 4.69) is 6.92 Å². The van der Waals surface area contributed by atoms with Gasteiger partial charge in [-0.3, -0.25) is 0 Å². The highest BCUT2D eigenvalue weighted by molar-refractivity contribution is 7.10. The molecule has 1 saturated carbocycles. The lowest BCUT2D eigenvalue weighted by Gasteiger charge is -2.43. The van der Waals surface area contributed by atoms with Crippen molar-refractivity contribution >= 4 is 22.9 Å². The summed E-state index contributed by atoms with van der Waals surface area (Å²) in [6, 6.07) is 1.97. The van der Waals surface area contributed by atoms with Crippen molar-refractivity contribution in [1.29, 1.82) is 0 Å². The van der Waals surface area contributed by atoms with Crippen LogP contribution in [0.3, 0.4) is 0 Å². The molecule has 1 aromatic rings. The Kier molecular flexibility index (Phi) is 4.70. The van der Waals surface area contributed by atoms with Crippen LogP contribution in [0.25, 0.3) is 0 Å². The van der Waals surface area contributed by atoms with Crippen LogP contribution in [0.15, 0.2) is 11.4 Å². The molecule has 1 aromatic heterocycles. The molecule has 2 rings (SSSR count). The quantitative estimate of drug-likeness (QED) is 0.912. The molecule has 0 amide bonds. The first-order valence-electron chi connectivity index (χ1n) is 6.60. The molecule has 3 unspecified atom stereocenters. The van der Waals surface area contributed by atoms with Crippen LogP contribution in [0.5, 0.6) is 0 Å². The molecule has 0 bridgehead atoms. The van der Waals surface area contributed by atoms with Crippen LogP contribution in [-0.2, 0) is 11.2 Å². The minimum atomic E-state index is -0.162. The first-order valence-corrected chi connectivity index (χ1v) is 7.86. The molecule has 3 atom stereocenters. The van der Waals surface area contributed by atoms with Crippen LogP contribution < -0.4 is 5.73 Å². The van der Waals surface area contributed by atoms with Crippen molar-refractivity contribution in [3.8, 4) is 0 Å². The van der Waals surface area contributed by atoms with Gasteiger partial charge in [-0.1, -0.05) is 31.4 Å². The zero-order valence-corrected chi connectivity index (χ0v) is 12.7. The van der Waals surface area contributed by atoms with Gasteiger partial charge in [0.05, 0.1) is 10.6 Å². The van der Waals surface area contributed by atoms with Gasteiger partial charge in [-0.25, -0.2) is 0 Å². The predicted molar refractivity (Wildman–Crippen MR) is 78.4 cm³/mol. The van der Waals surface area contributed by atoms with E-state index in [1.54, 1.807) is 18.4 Å². The van der Waals surface area contributed by atoms with E-state index in [1.165, 1.54) is 17.7 Å². The number of rotatable bonds is 4. The van der Waals surface area contributed by atoms with Crippen LogP contribution in [-0.4, -0.2) is 18.8 Å². The molecule has 0 radical (unpaired) electrons. The Hall–Kier alpha value is -0.0900. The first-order chi connectivity index (χ1) is 8.57. The van der Waals surface area contributed by atoms with Crippen molar-refractivity contribution < 1.29 is 4.74 Å². The van der Waals surface area contributed by atoms with Gasteiger partial charge in [-0.2, -0.15) is 0 Å². The van der Waals surface area contributed by atoms with Crippen molar-refractivity contribution in [2.75, 3.05) is 7.11 Å². The van der Waals surface area contributed by atoms with Gasteiger partial charge in [0, 0.05) is 24.4 Å². The Balaban J connectivity index is 2.09. The van der Waals surface area contributed by atoms with Crippen LogP contribution >= 0.6 is 22.9 Å². The maximum Gasteiger partial charge on any atom is 0.0834 e. The van der Waals surface area contributed by atoms with Crippen molar-refractivity contribution in [3.05, 3.63) is 21.3 Å². The molecule has 0 saturated heterocycles. The average molecular weight is 288 g/mol. The summed E-state index contributed by atoms with van der Waals surface area (Å²) in [5.41, 5.74) is 6.28. The van der Waals surface area contributed by atoms with E-state index in [-0.39, 0.29) is 11.6 Å². The Morgan fingerprint density at radius 3 is 3.00 bits per heavy atom. The van der Waals surface area contributed by atoms with Crippen molar-refractivity contribution in [1.82, 2.24) is 0 Å². The van der Waals surface area contributed by atoms with Gasteiger partial charge in [0.25, 0.3) is 0 Å². The van der Waals surface area contributed by atoms with Gasteiger partial charge >= 0.3 is 0 Å². The maximum atomic E-state index is 6.44. The van der Waals surface area contributed by atoms with E-state index < -0.39 is 0 Å². The van der Waals surface area contributed by atoms with Crippen LogP contribution in [0.1, 0.15) is 37.5 Å². The number of ether oxygens (including phenoxy) is 1. The van der Waals surface area contributed by atoms with E-state index in [9.17, 15) is 0 Å². The van der Waals surface area contributed by atoms with Crippen LogP contribution in [0, 0.1) is 5.92 Å². The molecule has 0 aliphatic heterocycles. The van der Waals surface area contributed by atoms with E-state index >= 15 is 0 Å². The highest BCUT2D eigenvalue weighted by Gasteiger charge is 2.40. The lowest BCUT2D eigenvalue weighted by molar-refractivity contribution is -0.0703. The van der Waals surface area contributed by atoms with Crippen molar-refractivity contribution in [3.63, 3.8) is 0 Å². The second kappa shape index (κ2) is 5.91. The number of hydrogen-bond donors (Lipinski definition) is 1. The smallest absolute Gasteiger partial charge is 0.0834 e. The highest BCUT2D eigenvalue weighted by atomic mass is 35.5. The Bertz CT molecular complexity index is 395. The highest BCUT2D eigenvalue weighted by Crippen LogP contribution is 2.38. The second-order valence-corrected chi connectivity index (χ2v) is 6.88. The largest absolute Gasteiger partial charge is 0.377 e. The minimum absolute atomic E-state index is 0.0291. The fraction of sp³-hybridized carbons (Fsp3) is 0.714. The number of halogens is 1. The molecular formula is C14H22ClNOS. The van der Waals surface area contributed by atoms with Crippen molar-refractivity contribution in [2.24, 2.45) is 11.7 Å². The van der Waals surface area contributed by atoms with E-state index in [0.717, 1.165) is 24.3 Å². The summed E-state index contributed by atoms with van der Waals surface area (Å²) in [6.45, 7) is 2.29. The minimum Gasteiger partial charge on any atom is -0.377 e. The number of thiophene rings is 1. The summed E-state index contributed by atoms with van der Waals surface area (Å²) < 4.78 is 5.84. The van der Waals surface area contributed by atoms with E-state index in [1.807, 2.05) is 11.4 Å². The zero-order valence-electron chi connectivity index (χ0n) is 11.1.